The molecule has 0 saturated heterocycles. The number of hydrogen-bond acceptors (Lipinski definition) is 7. The van der Waals surface area contributed by atoms with Crippen molar-refractivity contribution in [3.8, 4) is 16.3 Å². The summed E-state index contributed by atoms with van der Waals surface area (Å²) < 4.78 is 0. The summed E-state index contributed by atoms with van der Waals surface area (Å²) in [6, 6.07) is 8.87. The Labute approximate surface area is 184 Å². The summed E-state index contributed by atoms with van der Waals surface area (Å²) in [4.78, 5) is 27.8. The van der Waals surface area contributed by atoms with E-state index in [0.29, 0.717) is 22.2 Å². The minimum atomic E-state index is -0.453. The summed E-state index contributed by atoms with van der Waals surface area (Å²) in [5, 5.41) is 14.8. The van der Waals surface area contributed by atoms with E-state index in [1.54, 1.807) is 24.0 Å². The minimum Gasteiger partial charge on any atom is -0.306 e. The van der Waals surface area contributed by atoms with Gasteiger partial charge in [0.15, 0.2) is 5.82 Å². The number of para-hydroxylation sites is 1. The lowest BCUT2D eigenvalue weighted by atomic mass is 10.1. The number of thiazole rings is 1. The van der Waals surface area contributed by atoms with Crippen LogP contribution in [0.2, 0.25) is 5.02 Å². The number of amides is 2. The van der Waals surface area contributed by atoms with E-state index in [0.717, 1.165) is 21.3 Å². The summed E-state index contributed by atoms with van der Waals surface area (Å²) in [5.41, 5.74) is 4.43. The number of pyridine rings is 2. The van der Waals surface area contributed by atoms with Gasteiger partial charge < -0.3 is 10.6 Å². The Morgan fingerprint density at radius 1 is 1.03 bits per heavy atom. The zero-order valence-electron chi connectivity index (χ0n) is 15.7. The third kappa shape index (κ3) is 3.81. The first kappa shape index (κ1) is 19.1. The Hall–Kier alpha value is -3.89. The number of rotatable bonds is 4. The van der Waals surface area contributed by atoms with Crippen molar-refractivity contribution >= 4 is 51.2 Å². The van der Waals surface area contributed by atoms with Gasteiger partial charge in [-0.05, 0) is 12.1 Å². The fraction of sp³-hybridized carbons (Fsp3) is 0. The monoisotopic (exact) mass is 448 g/mol. The smallest absolute Gasteiger partial charge is 0.306 e. The van der Waals surface area contributed by atoms with Gasteiger partial charge in [-0.25, -0.2) is 9.78 Å². The standard InChI is InChI=1S/C20H13ClN8OS/c21-14-7-12(8-24-19(14)29-25-5-6-26-29)27-20(30)28-16-9-23-15-4-2-1-3-13(15)18(16)17-10-22-11-31-17/h1-11H,(H2,27,28,30). The molecule has 0 unspecified atom stereocenters. The maximum Gasteiger partial charge on any atom is 0.323 e. The highest BCUT2D eigenvalue weighted by Gasteiger charge is 2.15. The van der Waals surface area contributed by atoms with Gasteiger partial charge in [-0.15, -0.1) is 16.1 Å². The molecule has 5 rings (SSSR count). The van der Waals surface area contributed by atoms with Crippen LogP contribution in [0.25, 0.3) is 27.2 Å². The zero-order valence-corrected chi connectivity index (χ0v) is 17.3. The number of nitrogens with one attached hydrogen (secondary N) is 2. The maximum atomic E-state index is 12.7. The molecule has 0 radical (unpaired) electrons. The van der Waals surface area contributed by atoms with Crippen molar-refractivity contribution in [3.05, 3.63) is 71.8 Å². The predicted molar refractivity (Wildman–Crippen MR) is 120 cm³/mol. The second kappa shape index (κ2) is 8.09. The first-order valence-corrected chi connectivity index (χ1v) is 10.3. The van der Waals surface area contributed by atoms with E-state index < -0.39 is 6.03 Å². The third-order valence-electron chi connectivity index (χ3n) is 4.39. The van der Waals surface area contributed by atoms with Crippen molar-refractivity contribution in [3.63, 3.8) is 0 Å². The molecule has 2 amide bonds. The Morgan fingerprint density at radius 3 is 2.65 bits per heavy atom. The Morgan fingerprint density at radius 2 is 1.87 bits per heavy atom. The Balaban J connectivity index is 1.42. The lowest BCUT2D eigenvalue weighted by Gasteiger charge is -2.13. The van der Waals surface area contributed by atoms with Crippen molar-refractivity contribution < 1.29 is 4.79 Å². The number of fused-ring (bicyclic) bond motifs is 1. The van der Waals surface area contributed by atoms with Crippen molar-refractivity contribution in [1.29, 1.82) is 0 Å². The summed E-state index contributed by atoms with van der Waals surface area (Å²) >= 11 is 7.76. The van der Waals surface area contributed by atoms with Gasteiger partial charge in [0.25, 0.3) is 0 Å². The fourth-order valence-electron chi connectivity index (χ4n) is 3.10. The van der Waals surface area contributed by atoms with Gasteiger partial charge in [0.1, 0.15) is 0 Å². The Bertz CT molecular complexity index is 1370. The van der Waals surface area contributed by atoms with Crippen LogP contribution >= 0.6 is 22.9 Å². The van der Waals surface area contributed by atoms with Gasteiger partial charge >= 0.3 is 6.03 Å². The molecular weight excluding hydrogens is 436 g/mol. The molecule has 4 heterocycles. The molecule has 1 aromatic carbocycles. The predicted octanol–water partition coefficient (Wildman–Crippen LogP) is 4.63. The topological polar surface area (TPSA) is 111 Å². The van der Waals surface area contributed by atoms with Gasteiger partial charge in [0.05, 0.1) is 57.1 Å². The molecule has 0 aliphatic heterocycles. The average molecular weight is 449 g/mol. The molecule has 4 aromatic heterocycles. The van der Waals surface area contributed by atoms with E-state index in [9.17, 15) is 4.79 Å². The van der Waals surface area contributed by atoms with E-state index in [-0.39, 0.29) is 0 Å². The minimum absolute atomic E-state index is 0.298. The molecule has 2 N–H and O–H groups in total. The van der Waals surface area contributed by atoms with E-state index in [4.69, 9.17) is 11.6 Å². The van der Waals surface area contributed by atoms with Crippen LogP contribution in [0.1, 0.15) is 0 Å². The Kier molecular flexibility index (Phi) is 4.98. The molecule has 31 heavy (non-hydrogen) atoms. The number of hydrogen-bond donors (Lipinski definition) is 2. The summed E-state index contributed by atoms with van der Waals surface area (Å²) in [6.07, 6.45) is 7.93. The average Bonchev–Trinajstić information content (AvgIpc) is 3.48. The fourth-order valence-corrected chi connectivity index (χ4v) is 4.03. The zero-order chi connectivity index (χ0) is 21.2. The van der Waals surface area contributed by atoms with Crippen LogP contribution in [-0.2, 0) is 0 Å². The molecule has 0 aliphatic rings. The van der Waals surface area contributed by atoms with Crippen LogP contribution < -0.4 is 10.6 Å². The molecular formula is C20H13ClN8OS. The highest BCUT2D eigenvalue weighted by atomic mass is 35.5. The molecule has 9 nitrogen and oxygen atoms in total. The quantitative estimate of drug-likeness (QED) is 0.414. The summed E-state index contributed by atoms with van der Waals surface area (Å²) in [5.74, 6) is 0.365. The van der Waals surface area contributed by atoms with E-state index in [2.05, 4.69) is 35.8 Å². The summed E-state index contributed by atoms with van der Waals surface area (Å²) in [7, 11) is 0. The van der Waals surface area contributed by atoms with E-state index in [1.165, 1.54) is 34.7 Å². The van der Waals surface area contributed by atoms with E-state index >= 15 is 0 Å². The number of carbonyl (C=O) groups excluding carboxylic acids is 1. The molecule has 0 saturated carbocycles. The molecule has 0 fully saturated rings. The molecule has 11 heteroatoms. The molecule has 0 aliphatic carbocycles. The van der Waals surface area contributed by atoms with Crippen molar-refractivity contribution in [2.75, 3.05) is 10.6 Å². The van der Waals surface area contributed by atoms with Gasteiger partial charge in [-0.3, -0.25) is 9.97 Å². The molecule has 0 bridgehead atoms. The van der Waals surface area contributed by atoms with Crippen LogP contribution in [0.5, 0.6) is 0 Å². The van der Waals surface area contributed by atoms with Crippen LogP contribution in [0.15, 0.2) is 66.8 Å². The second-order valence-corrected chi connectivity index (χ2v) is 7.65. The number of anilines is 2. The highest BCUT2D eigenvalue weighted by molar-refractivity contribution is 7.13. The first-order chi connectivity index (χ1) is 15.2. The van der Waals surface area contributed by atoms with Crippen LogP contribution in [-0.4, -0.2) is 36.0 Å². The number of carbonyl (C=O) groups is 1. The molecule has 5 aromatic rings. The van der Waals surface area contributed by atoms with Gasteiger partial charge in [-0.2, -0.15) is 10.2 Å². The second-order valence-electron chi connectivity index (χ2n) is 6.36. The van der Waals surface area contributed by atoms with Crippen LogP contribution in [0, 0.1) is 0 Å². The van der Waals surface area contributed by atoms with Crippen LogP contribution in [0.4, 0.5) is 16.2 Å². The maximum absolute atomic E-state index is 12.7. The van der Waals surface area contributed by atoms with E-state index in [1.807, 2.05) is 24.3 Å². The number of aromatic nitrogens is 6. The van der Waals surface area contributed by atoms with Gasteiger partial charge in [0, 0.05) is 17.1 Å². The first-order valence-electron chi connectivity index (χ1n) is 9.06. The summed E-state index contributed by atoms with van der Waals surface area (Å²) in [6.45, 7) is 0. The van der Waals surface area contributed by atoms with Gasteiger partial charge in [0.2, 0.25) is 0 Å². The lowest BCUT2D eigenvalue weighted by molar-refractivity contribution is 0.262. The number of benzene rings is 1. The highest BCUT2D eigenvalue weighted by Crippen LogP contribution is 2.36. The van der Waals surface area contributed by atoms with Gasteiger partial charge in [-0.1, -0.05) is 29.8 Å². The number of nitrogens with zero attached hydrogens (tertiary/aromatic N) is 6. The van der Waals surface area contributed by atoms with Crippen molar-refractivity contribution in [1.82, 2.24) is 29.9 Å². The number of halogens is 1. The van der Waals surface area contributed by atoms with Crippen molar-refractivity contribution in [2.24, 2.45) is 0 Å². The SMILES string of the molecule is O=C(Nc1cnc(-n2nccn2)c(Cl)c1)Nc1cnc2ccccc2c1-c1cncs1. The largest absolute Gasteiger partial charge is 0.323 e. The number of urea groups is 1. The normalized spacial score (nSPS) is 10.9. The lowest BCUT2D eigenvalue weighted by Crippen LogP contribution is -2.20. The molecule has 152 valence electrons. The molecule has 0 spiro atoms. The third-order valence-corrected chi connectivity index (χ3v) is 5.46. The van der Waals surface area contributed by atoms with Crippen molar-refractivity contribution in [2.45, 2.75) is 0 Å². The van der Waals surface area contributed by atoms with Crippen LogP contribution in [0.3, 0.4) is 0 Å². The molecule has 0 atom stereocenters.